The number of ether oxygens (including phenoxy) is 2. The molecule has 74 valence electrons. The third-order valence-electron chi connectivity index (χ3n) is 1.19. The highest BCUT2D eigenvalue weighted by molar-refractivity contribution is 4.33. The fraction of sp³-hybridized carbons (Fsp3) is 1.00. The normalized spacial score (nSPS) is 10.5. The van der Waals surface area contributed by atoms with Crippen molar-refractivity contribution in [2.45, 2.75) is 13.3 Å². The lowest BCUT2D eigenvalue weighted by molar-refractivity contribution is -0.00546. The van der Waals surface area contributed by atoms with Crippen LogP contribution in [0.1, 0.15) is 13.3 Å². The van der Waals surface area contributed by atoms with Crippen molar-refractivity contribution >= 4 is 0 Å². The molecular weight excluding hydrogens is 158 g/mol. The third kappa shape index (κ3) is 9.84. The summed E-state index contributed by atoms with van der Waals surface area (Å²) < 4.78 is 10.0. The first-order chi connectivity index (χ1) is 5.91. The quantitative estimate of drug-likeness (QED) is 0.413. The Morgan fingerprint density at radius 3 is 2.58 bits per heavy atom. The number of hydroxylamine groups is 1. The van der Waals surface area contributed by atoms with E-state index in [1.807, 2.05) is 0 Å². The number of nitrogens with one attached hydrogen (secondary N) is 1. The minimum atomic E-state index is 0.574. The van der Waals surface area contributed by atoms with Crippen LogP contribution in [0.5, 0.6) is 0 Å². The molecule has 0 aromatic heterocycles. The van der Waals surface area contributed by atoms with Crippen molar-refractivity contribution in [1.29, 1.82) is 0 Å². The third-order valence-corrected chi connectivity index (χ3v) is 1.19. The summed E-state index contributed by atoms with van der Waals surface area (Å²) in [6.45, 7) is 5.51. The van der Waals surface area contributed by atoms with Gasteiger partial charge in [-0.2, -0.15) is 0 Å². The van der Waals surface area contributed by atoms with E-state index in [1.165, 1.54) is 0 Å². The summed E-state index contributed by atoms with van der Waals surface area (Å²) in [4.78, 5) is 5.00. The van der Waals surface area contributed by atoms with Crippen molar-refractivity contribution in [3.05, 3.63) is 0 Å². The van der Waals surface area contributed by atoms with Crippen LogP contribution in [0.15, 0.2) is 0 Å². The van der Waals surface area contributed by atoms with Gasteiger partial charge in [0.05, 0.1) is 19.8 Å². The summed E-state index contributed by atoms with van der Waals surface area (Å²) in [5, 5.41) is 0. The van der Waals surface area contributed by atoms with Gasteiger partial charge < -0.3 is 9.47 Å². The Kier molecular flexibility index (Phi) is 10.7. The average molecular weight is 177 g/mol. The molecule has 1 N–H and O–H groups in total. The van der Waals surface area contributed by atoms with E-state index in [4.69, 9.17) is 14.3 Å². The topological polar surface area (TPSA) is 39.7 Å². The molecule has 0 radical (unpaired) electrons. The Hall–Kier alpha value is -0.160. The second-order valence-electron chi connectivity index (χ2n) is 2.35. The fourth-order valence-corrected chi connectivity index (χ4v) is 0.630. The molecule has 0 unspecified atom stereocenters. The number of rotatable bonds is 9. The van der Waals surface area contributed by atoms with Crippen LogP contribution >= 0.6 is 0 Å². The fourth-order valence-electron chi connectivity index (χ4n) is 0.630. The monoisotopic (exact) mass is 177 g/mol. The maximum atomic E-state index is 5.22. The van der Waals surface area contributed by atoms with Crippen molar-refractivity contribution in [2.75, 3.05) is 40.1 Å². The first kappa shape index (κ1) is 11.8. The van der Waals surface area contributed by atoms with Gasteiger partial charge >= 0.3 is 0 Å². The molecule has 0 spiro atoms. The van der Waals surface area contributed by atoms with Crippen LogP contribution in [0.3, 0.4) is 0 Å². The van der Waals surface area contributed by atoms with Crippen LogP contribution < -0.4 is 5.48 Å². The Morgan fingerprint density at radius 1 is 1.08 bits per heavy atom. The second kappa shape index (κ2) is 10.8. The van der Waals surface area contributed by atoms with Crippen LogP contribution in [-0.4, -0.2) is 40.1 Å². The number of hydrogen-bond acceptors (Lipinski definition) is 4. The zero-order valence-electron chi connectivity index (χ0n) is 7.97. The van der Waals surface area contributed by atoms with Gasteiger partial charge in [-0.05, 0) is 6.42 Å². The van der Waals surface area contributed by atoms with Gasteiger partial charge in [0.2, 0.25) is 0 Å². The average Bonchev–Trinajstić information content (AvgIpc) is 2.10. The van der Waals surface area contributed by atoms with Crippen molar-refractivity contribution in [1.82, 2.24) is 5.48 Å². The molecule has 0 aromatic rings. The van der Waals surface area contributed by atoms with Gasteiger partial charge in [-0.15, -0.1) is 0 Å². The standard InChI is InChI=1S/C8H19NO3/c1-3-5-11-6-4-9-12-8-7-10-2/h9H,3-8H2,1-2H3. The molecule has 0 fully saturated rings. The Bertz CT molecular complexity index is 70.7. The van der Waals surface area contributed by atoms with E-state index in [0.29, 0.717) is 19.8 Å². The minimum Gasteiger partial charge on any atom is -0.382 e. The van der Waals surface area contributed by atoms with Crippen LogP contribution in [0, 0.1) is 0 Å². The predicted molar refractivity (Wildman–Crippen MR) is 46.9 cm³/mol. The lowest BCUT2D eigenvalue weighted by Crippen LogP contribution is -2.22. The first-order valence-electron chi connectivity index (χ1n) is 4.33. The van der Waals surface area contributed by atoms with Gasteiger partial charge in [-0.1, -0.05) is 6.92 Å². The van der Waals surface area contributed by atoms with E-state index in [1.54, 1.807) is 7.11 Å². The summed E-state index contributed by atoms with van der Waals surface area (Å²) in [5.41, 5.74) is 2.77. The molecule has 4 nitrogen and oxygen atoms in total. The first-order valence-corrected chi connectivity index (χ1v) is 4.33. The van der Waals surface area contributed by atoms with Crippen molar-refractivity contribution in [3.8, 4) is 0 Å². The maximum absolute atomic E-state index is 5.22. The Balaban J connectivity index is 2.73. The van der Waals surface area contributed by atoms with E-state index >= 15 is 0 Å². The highest BCUT2D eigenvalue weighted by Gasteiger charge is 1.87. The molecule has 0 bridgehead atoms. The van der Waals surface area contributed by atoms with Gasteiger partial charge in [0.15, 0.2) is 0 Å². The largest absolute Gasteiger partial charge is 0.382 e. The van der Waals surface area contributed by atoms with Crippen LogP contribution in [0.25, 0.3) is 0 Å². The van der Waals surface area contributed by atoms with Crippen molar-refractivity contribution in [3.63, 3.8) is 0 Å². The summed E-state index contributed by atoms with van der Waals surface area (Å²) in [5.74, 6) is 0. The molecule has 0 amide bonds. The second-order valence-corrected chi connectivity index (χ2v) is 2.35. The molecular formula is C8H19NO3. The smallest absolute Gasteiger partial charge is 0.0915 e. The molecule has 0 saturated carbocycles. The van der Waals surface area contributed by atoms with E-state index < -0.39 is 0 Å². The zero-order chi connectivity index (χ0) is 9.07. The molecule has 0 aromatic carbocycles. The highest BCUT2D eigenvalue weighted by Crippen LogP contribution is 1.78. The predicted octanol–water partition coefficient (Wildman–Crippen LogP) is 0.581. The summed E-state index contributed by atoms with van der Waals surface area (Å²) in [6.07, 6.45) is 1.06. The number of methoxy groups -OCH3 is 1. The van der Waals surface area contributed by atoms with Gasteiger partial charge in [0.1, 0.15) is 0 Å². The van der Waals surface area contributed by atoms with Gasteiger partial charge in [0, 0.05) is 20.3 Å². The van der Waals surface area contributed by atoms with E-state index in [9.17, 15) is 0 Å². The zero-order valence-corrected chi connectivity index (χ0v) is 7.97. The molecule has 0 aliphatic carbocycles. The SMILES string of the molecule is CCCOCCNOCCOC. The highest BCUT2D eigenvalue weighted by atomic mass is 16.7. The molecule has 0 atom stereocenters. The van der Waals surface area contributed by atoms with E-state index in [0.717, 1.165) is 19.6 Å². The minimum absolute atomic E-state index is 0.574. The molecule has 4 heteroatoms. The maximum Gasteiger partial charge on any atom is 0.0915 e. The molecule has 0 rings (SSSR count). The molecule has 0 aliphatic rings. The van der Waals surface area contributed by atoms with Gasteiger partial charge in [-0.3, -0.25) is 4.84 Å². The van der Waals surface area contributed by atoms with Gasteiger partial charge in [-0.25, -0.2) is 5.48 Å². The van der Waals surface area contributed by atoms with E-state index in [2.05, 4.69) is 12.4 Å². The molecule has 0 aliphatic heterocycles. The Morgan fingerprint density at radius 2 is 1.92 bits per heavy atom. The van der Waals surface area contributed by atoms with Crippen molar-refractivity contribution in [2.24, 2.45) is 0 Å². The van der Waals surface area contributed by atoms with E-state index in [-0.39, 0.29) is 0 Å². The van der Waals surface area contributed by atoms with Crippen molar-refractivity contribution < 1.29 is 14.3 Å². The van der Waals surface area contributed by atoms with Crippen LogP contribution in [0.4, 0.5) is 0 Å². The molecule has 0 saturated heterocycles. The molecule has 0 heterocycles. The summed E-state index contributed by atoms with van der Waals surface area (Å²) >= 11 is 0. The summed E-state index contributed by atoms with van der Waals surface area (Å²) in [6, 6.07) is 0. The number of hydrogen-bond donors (Lipinski definition) is 1. The van der Waals surface area contributed by atoms with Crippen LogP contribution in [0.2, 0.25) is 0 Å². The molecule has 12 heavy (non-hydrogen) atoms. The lowest BCUT2D eigenvalue weighted by Gasteiger charge is -2.05. The Labute approximate surface area is 74.1 Å². The van der Waals surface area contributed by atoms with Gasteiger partial charge in [0.25, 0.3) is 0 Å². The van der Waals surface area contributed by atoms with Crippen LogP contribution in [-0.2, 0) is 14.3 Å². The summed E-state index contributed by atoms with van der Waals surface area (Å²) in [7, 11) is 1.65. The lowest BCUT2D eigenvalue weighted by atomic mass is 10.5.